The maximum atomic E-state index is 15.2. The first-order chi connectivity index (χ1) is 17.5. The number of hydrogen-bond donors (Lipinski definition) is 0. The number of rotatable bonds is 4. The van der Waals surface area contributed by atoms with Crippen molar-refractivity contribution in [1.82, 2.24) is 29.5 Å². The van der Waals surface area contributed by atoms with E-state index in [2.05, 4.69) is 29.8 Å². The van der Waals surface area contributed by atoms with Crippen LogP contribution in [0, 0.1) is 11.6 Å². The average Bonchev–Trinajstić information content (AvgIpc) is 3.29. The molecule has 10 heteroatoms. The summed E-state index contributed by atoms with van der Waals surface area (Å²) in [5.41, 5.74) is 4.48. The minimum Gasteiger partial charge on any atom is -0.378 e. The largest absolute Gasteiger partial charge is 0.378 e. The number of nitrogens with zero attached hydrogens (tertiary/aromatic N) is 7. The molecule has 0 amide bonds. The summed E-state index contributed by atoms with van der Waals surface area (Å²) in [6.07, 6.45) is 4.46. The Morgan fingerprint density at radius 2 is 1.72 bits per heavy atom. The summed E-state index contributed by atoms with van der Waals surface area (Å²) in [4.78, 5) is 23.9. The van der Waals surface area contributed by atoms with Gasteiger partial charge in [0, 0.05) is 48.8 Å². The molecule has 182 valence electrons. The Morgan fingerprint density at radius 3 is 2.56 bits per heavy atom. The van der Waals surface area contributed by atoms with Crippen LogP contribution in [0.4, 0.5) is 14.5 Å². The summed E-state index contributed by atoms with van der Waals surface area (Å²) < 4.78 is 37.6. The first-order valence-corrected chi connectivity index (χ1v) is 11.7. The van der Waals surface area contributed by atoms with E-state index < -0.39 is 17.6 Å². The van der Waals surface area contributed by atoms with Crippen molar-refractivity contribution >= 4 is 27.8 Å². The minimum atomic E-state index is -0.686. The van der Waals surface area contributed by atoms with E-state index >= 15 is 8.78 Å². The second kappa shape index (κ2) is 8.87. The molecular formula is C26H23F2N7O. The zero-order valence-electron chi connectivity index (χ0n) is 19.8. The lowest BCUT2D eigenvalue weighted by Gasteiger charge is -2.29. The summed E-state index contributed by atoms with van der Waals surface area (Å²) in [6.45, 7) is 4.77. The Balaban J connectivity index is 1.45. The fourth-order valence-electron chi connectivity index (χ4n) is 4.84. The highest BCUT2D eigenvalue weighted by Gasteiger charge is 2.23. The summed E-state index contributed by atoms with van der Waals surface area (Å²) in [5.74, 6) is -1.81. The summed E-state index contributed by atoms with van der Waals surface area (Å²) in [7, 11) is 1.83. The van der Waals surface area contributed by atoms with Crippen LogP contribution >= 0.6 is 0 Å². The van der Waals surface area contributed by atoms with Crippen LogP contribution in [0.15, 0.2) is 49.3 Å². The predicted molar refractivity (Wildman–Crippen MR) is 132 cm³/mol. The molecule has 36 heavy (non-hydrogen) atoms. The van der Waals surface area contributed by atoms with Gasteiger partial charge in [0.05, 0.1) is 36.4 Å². The predicted octanol–water partition coefficient (Wildman–Crippen LogP) is 4.24. The highest BCUT2D eigenvalue weighted by Crippen LogP contribution is 2.35. The highest BCUT2D eigenvalue weighted by molar-refractivity contribution is 5.94. The standard InChI is InChI=1S/C26H23F2N7O/c1-15(23-25-26(32-13-30-23)33-14-34(25)2)18-10-19(21(28)11-20(18)27)24-17-4-3-16(9-22(17)29-12-31-24)35-5-7-36-8-6-35/h3-4,9-15H,5-8H2,1-2H3. The number of halogens is 2. The molecule has 3 aromatic heterocycles. The van der Waals surface area contributed by atoms with Gasteiger partial charge in [-0.15, -0.1) is 0 Å². The van der Waals surface area contributed by atoms with E-state index in [1.165, 1.54) is 18.7 Å². The van der Waals surface area contributed by atoms with E-state index in [0.717, 1.165) is 24.8 Å². The molecular weight excluding hydrogens is 464 g/mol. The van der Waals surface area contributed by atoms with Gasteiger partial charge < -0.3 is 14.2 Å². The van der Waals surface area contributed by atoms with Crippen LogP contribution in [0.25, 0.3) is 33.3 Å². The monoisotopic (exact) mass is 487 g/mol. The SMILES string of the molecule is CC(c1cc(-c2ncnc3cc(N4CCOCC4)ccc23)c(F)cc1F)c1ncnc2ncn(C)c12. The molecule has 0 aliphatic carbocycles. The van der Waals surface area contributed by atoms with Gasteiger partial charge in [-0.25, -0.2) is 33.7 Å². The van der Waals surface area contributed by atoms with Gasteiger partial charge in [-0.05, 0) is 29.8 Å². The number of ether oxygens (including phenoxy) is 1. The lowest BCUT2D eigenvalue weighted by molar-refractivity contribution is 0.122. The number of hydrogen-bond acceptors (Lipinski definition) is 7. The quantitative estimate of drug-likeness (QED) is 0.375. The third-order valence-electron chi connectivity index (χ3n) is 6.75. The van der Waals surface area contributed by atoms with E-state index in [-0.39, 0.29) is 5.56 Å². The van der Waals surface area contributed by atoms with Crippen LogP contribution in [0.1, 0.15) is 24.1 Å². The topological polar surface area (TPSA) is 81.8 Å². The maximum absolute atomic E-state index is 15.2. The Morgan fingerprint density at radius 1 is 0.917 bits per heavy atom. The van der Waals surface area contributed by atoms with E-state index in [9.17, 15) is 0 Å². The van der Waals surface area contributed by atoms with Gasteiger partial charge in [-0.3, -0.25) is 0 Å². The van der Waals surface area contributed by atoms with Crippen molar-refractivity contribution in [2.75, 3.05) is 31.2 Å². The number of benzene rings is 2. The van der Waals surface area contributed by atoms with Gasteiger partial charge in [-0.1, -0.05) is 6.92 Å². The Bertz CT molecular complexity index is 1600. The minimum absolute atomic E-state index is 0.208. The third-order valence-corrected chi connectivity index (χ3v) is 6.75. The van der Waals surface area contributed by atoms with Crippen molar-refractivity contribution in [1.29, 1.82) is 0 Å². The van der Waals surface area contributed by atoms with Crippen molar-refractivity contribution in [2.24, 2.45) is 7.05 Å². The third kappa shape index (κ3) is 3.74. The van der Waals surface area contributed by atoms with Gasteiger partial charge >= 0.3 is 0 Å². The summed E-state index contributed by atoms with van der Waals surface area (Å²) in [5, 5.41) is 0.690. The number of anilines is 1. The summed E-state index contributed by atoms with van der Waals surface area (Å²) in [6, 6.07) is 8.28. The number of imidazole rings is 1. The zero-order valence-corrected chi connectivity index (χ0v) is 19.8. The number of aryl methyl sites for hydroxylation is 1. The molecule has 0 N–H and O–H groups in total. The molecule has 6 rings (SSSR count). The molecule has 1 aliphatic rings. The highest BCUT2D eigenvalue weighted by atomic mass is 19.1. The fraction of sp³-hybridized carbons (Fsp3) is 0.269. The van der Waals surface area contributed by atoms with Gasteiger partial charge in [0.15, 0.2) is 5.65 Å². The van der Waals surface area contributed by atoms with Crippen molar-refractivity contribution in [2.45, 2.75) is 12.8 Å². The molecule has 1 unspecified atom stereocenters. The molecule has 1 saturated heterocycles. The molecule has 1 fully saturated rings. The number of morpholine rings is 1. The second-order valence-electron chi connectivity index (χ2n) is 8.89. The van der Waals surface area contributed by atoms with Crippen LogP contribution in [-0.4, -0.2) is 55.8 Å². The van der Waals surface area contributed by atoms with E-state index in [0.29, 0.717) is 52.2 Å². The first-order valence-electron chi connectivity index (χ1n) is 11.7. The molecule has 5 aromatic rings. The smallest absolute Gasteiger partial charge is 0.181 e. The van der Waals surface area contributed by atoms with Crippen molar-refractivity contribution in [3.63, 3.8) is 0 Å². The molecule has 8 nitrogen and oxygen atoms in total. The van der Waals surface area contributed by atoms with Crippen LogP contribution < -0.4 is 4.90 Å². The number of aromatic nitrogens is 6. The molecule has 0 radical (unpaired) electrons. The fourth-order valence-corrected chi connectivity index (χ4v) is 4.84. The Labute approximate surface area is 205 Å². The van der Waals surface area contributed by atoms with Crippen LogP contribution in [-0.2, 0) is 11.8 Å². The molecule has 0 bridgehead atoms. The molecule has 2 aromatic carbocycles. The molecule has 1 aliphatic heterocycles. The molecule has 0 spiro atoms. The lowest BCUT2D eigenvalue weighted by Crippen LogP contribution is -2.36. The lowest BCUT2D eigenvalue weighted by atomic mass is 9.93. The maximum Gasteiger partial charge on any atom is 0.181 e. The second-order valence-corrected chi connectivity index (χ2v) is 8.89. The molecule has 1 atom stereocenters. The van der Waals surface area contributed by atoms with Gasteiger partial charge in [-0.2, -0.15) is 0 Å². The average molecular weight is 488 g/mol. The van der Waals surface area contributed by atoms with Crippen molar-refractivity contribution in [3.05, 3.63) is 72.2 Å². The van der Waals surface area contributed by atoms with Gasteiger partial charge in [0.25, 0.3) is 0 Å². The Kier molecular flexibility index (Phi) is 5.52. The van der Waals surface area contributed by atoms with Crippen molar-refractivity contribution in [3.8, 4) is 11.3 Å². The first kappa shape index (κ1) is 22.4. The van der Waals surface area contributed by atoms with E-state index in [4.69, 9.17) is 4.74 Å². The van der Waals surface area contributed by atoms with Crippen molar-refractivity contribution < 1.29 is 13.5 Å². The van der Waals surface area contributed by atoms with Crippen LogP contribution in [0.2, 0.25) is 0 Å². The normalized spacial score (nSPS) is 15.1. The number of fused-ring (bicyclic) bond motifs is 2. The van der Waals surface area contributed by atoms with Gasteiger partial charge in [0.1, 0.15) is 29.8 Å². The molecule has 0 saturated carbocycles. The van der Waals surface area contributed by atoms with E-state index in [1.54, 1.807) is 10.9 Å². The van der Waals surface area contributed by atoms with Gasteiger partial charge in [0.2, 0.25) is 0 Å². The van der Waals surface area contributed by atoms with Crippen LogP contribution in [0.5, 0.6) is 0 Å². The van der Waals surface area contributed by atoms with E-state index in [1.807, 2.05) is 32.2 Å². The van der Waals surface area contributed by atoms with Crippen LogP contribution in [0.3, 0.4) is 0 Å². The molecule has 4 heterocycles. The zero-order chi connectivity index (χ0) is 24.8. The Hall–Kier alpha value is -4.05. The summed E-state index contributed by atoms with van der Waals surface area (Å²) >= 11 is 0.